The van der Waals surface area contributed by atoms with Crippen molar-refractivity contribution in [2.75, 3.05) is 18.2 Å². The molecule has 34 heavy (non-hydrogen) atoms. The number of thiophene rings is 1. The molecule has 1 amide bonds. The van der Waals surface area contributed by atoms with E-state index in [9.17, 15) is 14.4 Å². The van der Waals surface area contributed by atoms with E-state index in [1.807, 2.05) is 31.4 Å². The quantitative estimate of drug-likeness (QED) is 0.225. The Kier molecular flexibility index (Phi) is 7.13. The minimum atomic E-state index is -0.444. The number of esters is 1. The smallest absolute Gasteiger partial charge is 0.337 e. The Morgan fingerprint density at radius 1 is 1.21 bits per heavy atom. The van der Waals surface area contributed by atoms with Gasteiger partial charge in [-0.3, -0.25) is 18.8 Å². The molecule has 0 bridgehead atoms. The fourth-order valence-corrected chi connectivity index (χ4v) is 4.94. The Morgan fingerprint density at radius 3 is 2.62 bits per heavy atom. The molecule has 3 heterocycles. The summed E-state index contributed by atoms with van der Waals surface area (Å²) in [7, 11) is 1.31. The highest BCUT2D eigenvalue weighted by Gasteiger charge is 2.19. The van der Waals surface area contributed by atoms with E-state index in [1.165, 1.54) is 18.9 Å². The zero-order valence-electron chi connectivity index (χ0n) is 18.9. The summed E-state index contributed by atoms with van der Waals surface area (Å²) in [6.45, 7) is 4.68. The van der Waals surface area contributed by atoms with Crippen LogP contribution in [0.2, 0.25) is 0 Å². The summed E-state index contributed by atoms with van der Waals surface area (Å²) in [6, 6.07) is 10.3. The summed E-state index contributed by atoms with van der Waals surface area (Å²) in [4.78, 5) is 43.3. The van der Waals surface area contributed by atoms with Crippen LogP contribution in [0.25, 0.3) is 11.0 Å². The van der Waals surface area contributed by atoms with Crippen LogP contribution in [0.1, 0.15) is 27.9 Å². The van der Waals surface area contributed by atoms with Crippen LogP contribution in [-0.4, -0.2) is 44.1 Å². The number of nitrogens with zero attached hydrogens (tertiary/aromatic N) is 4. The number of methoxy groups -OCH3 is 1. The molecule has 0 aliphatic heterocycles. The van der Waals surface area contributed by atoms with Gasteiger partial charge in [-0.2, -0.15) is 5.10 Å². The summed E-state index contributed by atoms with van der Waals surface area (Å²) >= 11 is 2.75. The molecule has 0 radical (unpaired) electrons. The predicted octanol–water partition coefficient (Wildman–Crippen LogP) is 3.55. The number of amides is 1. The molecule has 1 aromatic carbocycles. The number of hydrogen-bond donors (Lipinski definition) is 1. The summed E-state index contributed by atoms with van der Waals surface area (Å²) in [5, 5.41) is 9.66. The van der Waals surface area contributed by atoms with Gasteiger partial charge in [0.15, 0.2) is 10.7 Å². The van der Waals surface area contributed by atoms with Gasteiger partial charge in [-0.25, -0.2) is 9.78 Å². The minimum Gasteiger partial charge on any atom is -0.465 e. The van der Waals surface area contributed by atoms with Crippen LogP contribution in [0, 0.1) is 6.92 Å². The second-order valence-corrected chi connectivity index (χ2v) is 9.34. The number of aryl methyl sites for hydroxylation is 2. The maximum absolute atomic E-state index is 13.4. The van der Waals surface area contributed by atoms with Crippen molar-refractivity contribution in [2.24, 2.45) is 0 Å². The van der Waals surface area contributed by atoms with Crippen molar-refractivity contribution < 1.29 is 14.3 Å². The Morgan fingerprint density at radius 2 is 1.97 bits per heavy atom. The van der Waals surface area contributed by atoms with E-state index in [2.05, 4.69) is 15.2 Å². The molecule has 0 saturated heterocycles. The van der Waals surface area contributed by atoms with Crippen LogP contribution in [0.4, 0.5) is 5.69 Å². The van der Waals surface area contributed by atoms with E-state index in [-0.39, 0.29) is 17.2 Å². The summed E-state index contributed by atoms with van der Waals surface area (Å²) in [5.74, 6) is -0.642. The molecule has 0 saturated carbocycles. The molecule has 0 aliphatic carbocycles. The van der Waals surface area contributed by atoms with Crippen molar-refractivity contribution in [3.8, 4) is 0 Å². The first-order chi connectivity index (χ1) is 16.4. The first-order valence-corrected chi connectivity index (χ1v) is 12.4. The molecule has 4 rings (SSSR count). The van der Waals surface area contributed by atoms with Gasteiger partial charge in [0, 0.05) is 17.1 Å². The maximum atomic E-state index is 13.4. The van der Waals surface area contributed by atoms with E-state index in [1.54, 1.807) is 44.9 Å². The van der Waals surface area contributed by atoms with Crippen molar-refractivity contribution in [1.29, 1.82) is 0 Å². The lowest BCUT2D eigenvalue weighted by atomic mass is 10.2. The van der Waals surface area contributed by atoms with Gasteiger partial charge in [0.25, 0.3) is 5.56 Å². The number of aromatic nitrogens is 4. The number of carbonyl (C=O) groups excluding carboxylic acids is 2. The predicted molar refractivity (Wildman–Crippen MR) is 133 cm³/mol. The first kappa shape index (κ1) is 23.7. The standard InChI is InChI=1S/C23H23N5O4S2/c1-4-28-20-19(14(2)26-28)25-23(27(21(20)30)12-17-6-5-11-33-17)34-13-18(29)24-16-9-7-15(8-10-16)22(31)32-3/h5-11H,4,12-13H2,1-3H3,(H,24,29). The van der Waals surface area contributed by atoms with Crippen LogP contribution in [0.15, 0.2) is 51.7 Å². The van der Waals surface area contributed by atoms with Gasteiger partial charge >= 0.3 is 5.97 Å². The van der Waals surface area contributed by atoms with Gasteiger partial charge in [0.1, 0.15) is 5.52 Å². The molecule has 1 N–H and O–H groups in total. The molecule has 3 aromatic heterocycles. The number of anilines is 1. The van der Waals surface area contributed by atoms with E-state index in [0.717, 1.165) is 4.88 Å². The van der Waals surface area contributed by atoms with Crippen molar-refractivity contribution in [1.82, 2.24) is 19.3 Å². The number of benzene rings is 1. The van der Waals surface area contributed by atoms with E-state index in [0.29, 0.717) is 46.2 Å². The highest BCUT2D eigenvalue weighted by Crippen LogP contribution is 2.22. The topological polar surface area (TPSA) is 108 Å². The monoisotopic (exact) mass is 497 g/mol. The molecular weight excluding hydrogens is 474 g/mol. The number of carbonyl (C=O) groups is 2. The third-order valence-electron chi connectivity index (χ3n) is 5.10. The number of thioether (sulfide) groups is 1. The Balaban J connectivity index is 1.58. The number of ether oxygens (including phenoxy) is 1. The minimum absolute atomic E-state index is 0.0576. The van der Waals surface area contributed by atoms with Crippen LogP contribution in [0.5, 0.6) is 0 Å². The third kappa shape index (κ3) is 4.90. The number of hydrogen-bond acceptors (Lipinski definition) is 8. The maximum Gasteiger partial charge on any atom is 0.337 e. The van der Waals surface area contributed by atoms with Gasteiger partial charge in [0.2, 0.25) is 5.91 Å². The fourth-order valence-electron chi connectivity index (χ4n) is 3.46. The average Bonchev–Trinajstić information content (AvgIpc) is 3.47. The SMILES string of the molecule is CCn1nc(C)c2nc(SCC(=O)Nc3ccc(C(=O)OC)cc3)n(Cc3cccs3)c(=O)c21. The zero-order valence-corrected chi connectivity index (χ0v) is 20.5. The van der Waals surface area contributed by atoms with Crippen LogP contribution in [-0.2, 0) is 22.6 Å². The van der Waals surface area contributed by atoms with Crippen LogP contribution < -0.4 is 10.9 Å². The Hall–Kier alpha value is -3.44. The van der Waals surface area contributed by atoms with Crippen molar-refractivity contribution in [3.63, 3.8) is 0 Å². The molecule has 4 aromatic rings. The first-order valence-electron chi connectivity index (χ1n) is 10.5. The summed E-state index contributed by atoms with van der Waals surface area (Å²) in [6.07, 6.45) is 0. The van der Waals surface area contributed by atoms with Crippen molar-refractivity contribution >= 4 is 51.7 Å². The number of fused-ring (bicyclic) bond motifs is 1. The van der Waals surface area contributed by atoms with E-state index < -0.39 is 5.97 Å². The molecule has 176 valence electrons. The lowest BCUT2D eigenvalue weighted by Gasteiger charge is -2.12. The van der Waals surface area contributed by atoms with E-state index in [4.69, 9.17) is 4.98 Å². The molecule has 9 nitrogen and oxygen atoms in total. The number of rotatable bonds is 8. The summed E-state index contributed by atoms with van der Waals surface area (Å²) < 4.78 is 7.95. The summed E-state index contributed by atoms with van der Waals surface area (Å²) in [5.41, 5.74) is 2.47. The molecule has 0 atom stereocenters. The van der Waals surface area contributed by atoms with Gasteiger partial charge in [-0.15, -0.1) is 11.3 Å². The van der Waals surface area contributed by atoms with Gasteiger partial charge in [-0.1, -0.05) is 17.8 Å². The van der Waals surface area contributed by atoms with E-state index >= 15 is 0 Å². The van der Waals surface area contributed by atoms with Crippen molar-refractivity contribution in [3.05, 3.63) is 68.3 Å². The second-order valence-electron chi connectivity index (χ2n) is 7.37. The second kappa shape index (κ2) is 10.2. The number of nitrogens with one attached hydrogen (secondary N) is 1. The molecule has 11 heteroatoms. The average molecular weight is 498 g/mol. The van der Waals surface area contributed by atoms with Gasteiger partial charge in [0.05, 0.1) is 30.7 Å². The fraction of sp³-hybridized carbons (Fsp3) is 0.261. The lowest BCUT2D eigenvalue weighted by molar-refractivity contribution is -0.113. The largest absolute Gasteiger partial charge is 0.465 e. The molecule has 0 spiro atoms. The van der Waals surface area contributed by atoms with Crippen LogP contribution >= 0.6 is 23.1 Å². The van der Waals surface area contributed by atoms with Crippen molar-refractivity contribution in [2.45, 2.75) is 32.1 Å². The normalized spacial score (nSPS) is 11.0. The van der Waals surface area contributed by atoms with Gasteiger partial charge < -0.3 is 10.1 Å². The third-order valence-corrected chi connectivity index (χ3v) is 6.94. The lowest BCUT2D eigenvalue weighted by Crippen LogP contribution is -2.26. The molecule has 0 aliphatic rings. The zero-order chi connectivity index (χ0) is 24.2. The molecule has 0 fully saturated rings. The highest BCUT2D eigenvalue weighted by molar-refractivity contribution is 7.99. The molecule has 0 unspecified atom stereocenters. The van der Waals surface area contributed by atoms with Gasteiger partial charge in [-0.05, 0) is 49.6 Å². The Labute approximate surface area is 203 Å². The highest BCUT2D eigenvalue weighted by atomic mass is 32.2. The Bertz CT molecular complexity index is 1390. The molecular formula is C23H23N5O4S2. The van der Waals surface area contributed by atoms with Crippen LogP contribution in [0.3, 0.4) is 0 Å².